The van der Waals surface area contributed by atoms with Gasteiger partial charge in [-0.25, -0.2) is 22.4 Å². The fraction of sp³-hybridized carbons (Fsp3) is 0.333. The minimum Gasteiger partial charge on any atom is -0.385 e. The molecule has 30 heavy (non-hydrogen) atoms. The molecule has 2 atom stereocenters. The first-order valence-electron chi connectivity index (χ1n) is 9.93. The Morgan fingerprint density at radius 3 is 2.73 bits per heavy atom. The lowest BCUT2D eigenvalue weighted by Crippen LogP contribution is -2.23. The highest BCUT2D eigenvalue weighted by molar-refractivity contribution is 7.90. The van der Waals surface area contributed by atoms with Crippen molar-refractivity contribution in [1.29, 1.82) is 0 Å². The van der Waals surface area contributed by atoms with E-state index in [1.807, 2.05) is 4.57 Å². The molecule has 3 aromatic heterocycles. The number of aromatic nitrogens is 4. The number of aliphatic hydroxyl groups is 1. The molecular formula is C21H22N4O4S. The topological polar surface area (TPSA) is 99.2 Å². The van der Waals surface area contributed by atoms with Crippen LogP contribution in [0.15, 0.2) is 53.7 Å². The number of ether oxygens (including phenoxy) is 1. The summed E-state index contributed by atoms with van der Waals surface area (Å²) < 4.78 is 35.2. The molecule has 1 aliphatic heterocycles. The molecule has 0 saturated carbocycles. The molecule has 5 rings (SSSR count). The predicted octanol–water partition coefficient (Wildman–Crippen LogP) is 3.03. The first kappa shape index (κ1) is 19.2. The van der Waals surface area contributed by atoms with Gasteiger partial charge in [0.1, 0.15) is 17.4 Å². The van der Waals surface area contributed by atoms with E-state index in [4.69, 9.17) is 4.74 Å². The Bertz CT molecular complexity index is 1320. The summed E-state index contributed by atoms with van der Waals surface area (Å²) in [6.45, 7) is 2.92. The summed E-state index contributed by atoms with van der Waals surface area (Å²) in [7, 11) is -3.79. The molecule has 0 radical (unpaired) electrons. The summed E-state index contributed by atoms with van der Waals surface area (Å²) in [6.07, 6.45) is 4.14. The van der Waals surface area contributed by atoms with Crippen LogP contribution < -0.4 is 0 Å². The smallest absolute Gasteiger partial charge is 0.269 e. The van der Waals surface area contributed by atoms with Crippen molar-refractivity contribution in [3.8, 4) is 0 Å². The molecule has 156 valence electrons. The third-order valence-electron chi connectivity index (χ3n) is 5.53. The van der Waals surface area contributed by atoms with E-state index in [-0.39, 0.29) is 10.9 Å². The lowest BCUT2D eigenvalue weighted by molar-refractivity contribution is 0.0565. The first-order valence-corrected chi connectivity index (χ1v) is 11.4. The molecule has 1 aliphatic rings. The number of rotatable bonds is 4. The van der Waals surface area contributed by atoms with E-state index in [0.717, 1.165) is 25.0 Å². The highest BCUT2D eigenvalue weighted by atomic mass is 32.2. The SMILES string of the molecule is C[C@@H](O)c1nc2cnc3c(ccn3S(=O)(=O)c3ccccc3)c2n1[C@H]1CCCOC1. The van der Waals surface area contributed by atoms with E-state index in [9.17, 15) is 13.5 Å². The molecule has 9 heteroatoms. The average Bonchev–Trinajstić information content (AvgIpc) is 3.37. The zero-order valence-electron chi connectivity index (χ0n) is 16.5. The Kier molecular flexibility index (Phi) is 4.61. The monoisotopic (exact) mass is 426 g/mol. The Balaban J connectivity index is 1.77. The number of benzene rings is 1. The minimum atomic E-state index is -3.79. The minimum absolute atomic E-state index is 0.0213. The van der Waals surface area contributed by atoms with E-state index in [0.29, 0.717) is 29.0 Å². The van der Waals surface area contributed by atoms with Crippen molar-refractivity contribution in [3.05, 3.63) is 54.6 Å². The highest BCUT2D eigenvalue weighted by Crippen LogP contribution is 2.34. The van der Waals surface area contributed by atoms with Gasteiger partial charge in [0.15, 0.2) is 5.65 Å². The second kappa shape index (κ2) is 7.19. The van der Waals surface area contributed by atoms with Crippen molar-refractivity contribution >= 4 is 32.1 Å². The van der Waals surface area contributed by atoms with Crippen LogP contribution in [0.3, 0.4) is 0 Å². The van der Waals surface area contributed by atoms with Crippen LogP contribution in [0.25, 0.3) is 22.1 Å². The molecule has 0 spiro atoms. The van der Waals surface area contributed by atoms with Crippen LogP contribution >= 0.6 is 0 Å². The number of aliphatic hydroxyl groups excluding tert-OH is 1. The van der Waals surface area contributed by atoms with E-state index >= 15 is 0 Å². The second-order valence-electron chi connectivity index (χ2n) is 7.55. The Morgan fingerprint density at radius 1 is 1.23 bits per heavy atom. The second-order valence-corrected chi connectivity index (χ2v) is 9.36. The van der Waals surface area contributed by atoms with E-state index in [1.165, 1.54) is 10.2 Å². The summed E-state index contributed by atoms with van der Waals surface area (Å²) in [5, 5.41) is 11.0. The summed E-state index contributed by atoms with van der Waals surface area (Å²) >= 11 is 0. The quantitative estimate of drug-likeness (QED) is 0.539. The Labute approximate surface area is 173 Å². The Hall–Kier alpha value is -2.75. The zero-order valence-corrected chi connectivity index (χ0v) is 17.3. The molecule has 0 unspecified atom stereocenters. The number of imidazole rings is 1. The molecule has 0 amide bonds. The molecule has 8 nitrogen and oxygen atoms in total. The van der Waals surface area contributed by atoms with Crippen LogP contribution in [0.4, 0.5) is 0 Å². The first-order chi connectivity index (χ1) is 14.5. The van der Waals surface area contributed by atoms with Crippen LogP contribution in [0.1, 0.15) is 37.7 Å². The molecule has 1 N–H and O–H groups in total. The van der Waals surface area contributed by atoms with Gasteiger partial charge in [-0.2, -0.15) is 0 Å². The Morgan fingerprint density at radius 2 is 2.03 bits per heavy atom. The maximum atomic E-state index is 13.2. The molecule has 0 bridgehead atoms. The molecule has 1 aromatic carbocycles. The van der Waals surface area contributed by atoms with Crippen LogP contribution in [0.2, 0.25) is 0 Å². The lowest BCUT2D eigenvalue weighted by atomic mass is 10.1. The van der Waals surface area contributed by atoms with Gasteiger partial charge in [0.05, 0.1) is 29.3 Å². The standard InChI is InChI=1S/C21H22N4O4S/c1-14(26)20-23-18-12-22-21-17(19(18)25(20)15-6-5-11-29-13-15)9-10-24(21)30(27,28)16-7-3-2-4-8-16/h2-4,7-10,12,14-15,26H,5-6,11,13H2,1H3/t14-,15+/m1/s1. The van der Waals surface area contributed by atoms with Crippen molar-refractivity contribution in [2.75, 3.05) is 13.2 Å². The normalized spacial score (nSPS) is 18.8. The third kappa shape index (κ3) is 2.92. The van der Waals surface area contributed by atoms with Crippen molar-refractivity contribution in [1.82, 2.24) is 18.5 Å². The van der Waals surface area contributed by atoms with Gasteiger partial charge in [-0.1, -0.05) is 18.2 Å². The van der Waals surface area contributed by atoms with Crippen molar-refractivity contribution in [3.63, 3.8) is 0 Å². The largest absolute Gasteiger partial charge is 0.385 e. The zero-order chi connectivity index (χ0) is 20.9. The maximum absolute atomic E-state index is 13.2. The lowest BCUT2D eigenvalue weighted by Gasteiger charge is -2.26. The van der Waals surface area contributed by atoms with Gasteiger partial charge < -0.3 is 14.4 Å². The van der Waals surface area contributed by atoms with Crippen molar-refractivity contribution in [2.45, 2.75) is 36.8 Å². The van der Waals surface area contributed by atoms with Crippen LogP contribution in [-0.4, -0.2) is 45.2 Å². The molecule has 4 aromatic rings. The number of hydrogen-bond donors (Lipinski definition) is 1. The van der Waals surface area contributed by atoms with Gasteiger partial charge >= 0.3 is 0 Å². The van der Waals surface area contributed by atoms with Crippen molar-refractivity contribution < 1.29 is 18.3 Å². The number of pyridine rings is 1. The predicted molar refractivity (Wildman–Crippen MR) is 112 cm³/mol. The maximum Gasteiger partial charge on any atom is 0.269 e. The van der Waals surface area contributed by atoms with Crippen LogP contribution in [-0.2, 0) is 14.8 Å². The molecule has 1 fully saturated rings. The molecule has 4 heterocycles. The fourth-order valence-electron chi connectivity index (χ4n) is 4.16. The van der Waals surface area contributed by atoms with Gasteiger partial charge in [-0.3, -0.25) is 0 Å². The van der Waals surface area contributed by atoms with E-state index < -0.39 is 16.1 Å². The summed E-state index contributed by atoms with van der Waals surface area (Å²) in [6, 6.07) is 10.1. The van der Waals surface area contributed by atoms with Crippen LogP contribution in [0, 0.1) is 0 Å². The molecule has 0 aliphatic carbocycles. The summed E-state index contributed by atoms with van der Waals surface area (Å²) in [4.78, 5) is 9.22. The fourth-order valence-corrected chi connectivity index (χ4v) is 5.48. The molecule has 1 saturated heterocycles. The molecular weight excluding hydrogens is 404 g/mol. The number of nitrogens with zero attached hydrogens (tertiary/aromatic N) is 4. The van der Waals surface area contributed by atoms with E-state index in [2.05, 4.69) is 9.97 Å². The average molecular weight is 426 g/mol. The summed E-state index contributed by atoms with van der Waals surface area (Å²) in [5.74, 6) is 0.536. The van der Waals surface area contributed by atoms with Crippen molar-refractivity contribution in [2.24, 2.45) is 0 Å². The van der Waals surface area contributed by atoms with Gasteiger partial charge in [0.2, 0.25) is 0 Å². The van der Waals surface area contributed by atoms with Gasteiger partial charge in [-0.05, 0) is 38.0 Å². The van der Waals surface area contributed by atoms with E-state index in [1.54, 1.807) is 49.5 Å². The van der Waals surface area contributed by atoms with Gasteiger partial charge in [0, 0.05) is 18.2 Å². The van der Waals surface area contributed by atoms with Gasteiger partial charge in [0.25, 0.3) is 10.0 Å². The number of fused-ring (bicyclic) bond motifs is 3. The van der Waals surface area contributed by atoms with Crippen LogP contribution in [0.5, 0.6) is 0 Å². The summed E-state index contributed by atoms with van der Waals surface area (Å²) in [5.41, 5.74) is 1.73. The highest BCUT2D eigenvalue weighted by Gasteiger charge is 2.27. The van der Waals surface area contributed by atoms with Gasteiger partial charge in [-0.15, -0.1) is 0 Å². The third-order valence-corrected chi connectivity index (χ3v) is 7.21. The number of hydrogen-bond acceptors (Lipinski definition) is 6.